The van der Waals surface area contributed by atoms with E-state index in [1.54, 1.807) is 24.1 Å². The van der Waals surface area contributed by atoms with Crippen LogP contribution in [0.25, 0.3) is 0 Å². The number of rotatable bonds is 2. The first-order valence-corrected chi connectivity index (χ1v) is 6.89. The van der Waals surface area contributed by atoms with E-state index in [9.17, 15) is 4.79 Å². The van der Waals surface area contributed by atoms with Gasteiger partial charge in [-0.05, 0) is 34.8 Å². The molecule has 7 heteroatoms. The Morgan fingerprint density at radius 1 is 1.63 bits per heavy atom. The Balaban J connectivity index is 1.85. The summed E-state index contributed by atoms with van der Waals surface area (Å²) in [6, 6.07) is 1.69. The molecule has 3 heterocycles. The van der Waals surface area contributed by atoms with Crippen LogP contribution in [-0.4, -0.2) is 32.5 Å². The molecule has 1 aliphatic rings. The summed E-state index contributed by atoms with van der Waals surface area (Å²) >= 11 is 3.33. The number of aromatic amines is 1. The van der Waals surface area contributed by atoms with Crippen molar-refractivity contribution >= 4 is 21.8 Å². The maximum absolute atomic E-state index is 12.4. The molecule has 0 aromatic carbocycles. The van der Waals surface area contributed by atoms with E-state index in [1.807, 2.05) is 0 Å². The number of carbonyl (C=O) groups excluding carboxylic acids is 1. The van der Waals surface area contributed by atoms with Gasteiger partial charge >= 0.3 is 0 Å². The molecule has 3 rings (SSSR count). The van der Waals surface area contributed by atoms with Gasteiger partial charge in [0.25, 0.3) is 5.91 Å². The van der Waals surface area contributed by atoms with Crippen molar-refractivity contribution in [3.05, 3.63) is 34.1 Å². The molecule has 1 aliphatic heterocycles. The van der Waals surface area contributed by atoms with E-state index in [-0.39, 0.29) is 11.9 Å². The number of aryl methyl sites for hydroxylation is 1. The molecule has 19 heavy (non-hydrogen) atoms. The minimum atomic E-state index is -0.0907. The van der Waals surface area contributed by atoms with Crippen LogP contribution in [0.15, 0.2) is 21.3 Å². The highest BCUT2D eigenvalue weighted by Gasteiger charge is 2.34. The standard InChI is InChI=1S/C12H13BrN4O2/c1-7-15-11(16-19-7)10-3-2-4-17(10)12(18)9-5-8(13)6-14-9/h5-6,10,14H,2-4H2,1H3. The van der Waals surface area contributed by atoms with Crippen molar-refractivity contribution in [1.29, 1.82) is 0 Å². The van der Waals surface area contributed by atoms with Gasteiger partial charge in [-0.2, -0.15) is 4.98 Å². The molecule has 1 unspecified atom stereocenters. The minimum Gasteiger partial charge on any atom is -0.356 e. The third-order valence-electron chi connectivity index (χ3n) is 3.23. The van der Waals surface area contributed by atoms with Crippen LogP contribution in [0, 0.1) is 6.92 Å². The van der Waals surface area contributed by atoms with Gasteiger partial charge in [-0.25, -0.2) is 0 Å². The zero-order valence-electron chi connectivity index (χ0n) is 10.4. The molecule has 0 aliphatic carbocycles. The van der Waals surface area contributed by atoms with Gasteiger partial charge in [0.1, 0.15) is 5.69 Å². The fraction of sp³-hybridized carbons (Fsp3) is 0.417. The lowest BCUT2D eigenvalue weighted by molar-refractivity contribution is 0.0723. The number of H-pyrrole nitrogens is 1. The van der Waals surface area contributed by atoms with Gasteiger partial charge in [-0.15, -0.1) is 0 Å². The maximum atomic E-state index is 12.4. The molecule has 1 N–H and O–H groups in total. The molecule has 6 nitrogen and oxygen atoms in total. The molecule has 1 fully saturated rings. The average molecular weight is 325 g/mol. The normalized spacial score (nSPS) is 19.1. The topological polar surface area (TPSA) is 75.0 Å². The second-order valence-corrected chi connectivity index (χ2v) is 5.48. The molecule has 2 aromatic heterocycles. The zero-order valence-corrected chi connectivity index (χ0v) is 12.0. The predicted octanol–water partition coefficient (Wildman–Crippen LogP) is 2.45. The van der Waals surface area contributed by atoms with Crippen molar-refractivity contribution in [3.63, 3.8) is 0 Å². The Labute approximate surface area is 118 Å². The highest BCUT2D eigenvalue weighted by atomic mass is 79.9. The van der Waals surface area contributed by atoms with Crippen LogP contribution >= 0.6 is 15.9 Å². The van der Waals surface area contributed by atoms with Crippen LogP contribution < -0.4 is 0 Å². The van der Waals surface area contributed by atoms with Crippen molar-refractivity contribution in [1.82, 2.24) is 20.0 Å². The highest BCUT2D eigenvalue weighted by molar-refractivity contribution is 9.10. The first-order chi connectivity index (χ1) is 9.15. The van der Waals surface area contributed by atoms with Crippen molar-refractivity contribution < 1.29 is 9.32 Å². The van der Waals surface area contributed by atoms with Crippen LogP contribution in [0.5, 0.6) is 0 Å². The summed E-state index contributed by atoms with van der Waals surface area (Å²) in [4.78, 5) is 21.4. The molecule has 0 bridgehead atoms. The van der Waals surface area contributed by atoms with Crippen molar-refractivity contribution in [2.45, 2.75) is 25.8 Å². The largest absolute Gasteiger partial charge is 0.356 e. The summed E-state index contributed by atoms with van der Waals surface area (Å²) in [6.07, 6.45) is 3.56. The van der Waals surface area contributed by atoms with Crippen molar-refractivity contribution in [2.75, 3.05) is 6.54 Å². The van der Waals surface area contributed by atoms with E-state index in [2.05, 4.69) is 31.1 Å². The van der Waals surface area contributed by atoms with Crippen LogP contribution in [-0.2, 0) is 0 Å². The van der Waals surface area contributed by atoms with E-state index in [0.717, 1.165) is 17.3 Å². The quantitative estimate of drug-likeness (QED) is 0.920. The molecular formula is C12H13BrN4O2. The lowest BCUT2D eigenvalue weighted by Gasteiger charge is -2.21. The second kappa shape index (κ2) is 4.80. The molecule has 1 saturated heterocycles. The van der Waals surface area contributed by atoms with E-state index >= 15 is 0 Å². The maximum Gasteiger partial charge on any atom is 0.270 e. The summed E-state index contributed by atoms with van der Waals surface area (Å²) in [6.45, 7) is 2.47. The number of nitrogens with one attached hydrogen (secondary N) is 1. The number of aromatic nitrogens is 3. The number of amides is 1. The van der Waals surface area contributed by atoms with Gasteiger partial charge in [0, 0.05) is 24.1 Å². The number of hydrogen-bond donors (Lipinski definition) is 1. The predicted molar refractivity (Wildman–Crippen MR) is 70.5 cm³/mol. The summed E-state index contributed by atoms with van der Waals surface area (Å²) in [7, 11) is 0. The number of nitrogens with zero attached hydrogens (tertiary/aromatic N) is 3. The smallest absolute Gasteiger partial charge is 0.270 e. The first-order valence-electron chi connectivity index (χ1n) is 6.10. The summed E-state index contributed by atoms with van der Waals surface area (Å²) in [5, 5.41) is 3.93. The molecule has 0 radical (unpaired) electrons. The molecule has 2 aromatic rings. The SMILES string of the molecule is Cc1nc(C2CCCN2C(=O)c2cc(Br)c[nH]2)no1. The second-order valence-electron chi connectivity index (χ2n) is 4.56. The van der Waals surface area contributed by atoms with Gasteiger partial charge in [0.15, 0.2) is 5.82 Å². The molecule has 0 saturated carbocycles. The Bertz CT molecular complexity index is 606. The van der Waals surface area contributed by atoms with Crippen molar-refractivity contribution in [2.24, 2.45) is 0 Å². The van der Waals surface area contributed by atoms with Crippen LogP contribution in [0.4, 0.5) is 0 Å². The number of hydrogen-bond acceptors (Lipinski definition) is 4. The highest BCUT2D eigenvalue weighted by Crippen LogP contribution is 2.31. The lowest BCUT2D eigenvalue weighted by atomic mass is 10.2. The molecule has 1 atom stereocenters. The van der Waals surface area contributed by atoms with E-state index < -0.39 is 0 Å². The third-order valence-corrected chi connectivity index (χ3v) is 3.69. The van der Waals surface area contributed by atoms with E-state index in [1.165, 1.54) is 0 Å². The lowest BCUT2D eigenvalue weighted by Crippen LogP contribution is -2.31. The molecule has 1 amide bonds. The average Bonchev–Trinajstić information content (AvgIpc) is 3.07. The first kappa shape index (κ1) is 12.4. The van der Waals surface area contributed by atoms with Crippen LogP contribution in [0.1, 0.15) is 41.1 Å². The van der Waals surface area contributed by atoms with Crippen molar-refractivity contribution in [3.8, 4) is 0 Å². The Kier molecular flexibility index (Phi) is 3.14. The van der Waals surface area contributed by atoms with Gasteiger partial charge in [0.2, 0.25) is 5.89 Å². The summed E-state index contributed by atoms with van der Waals surface area (Å²) in [5.41, 5.74) is 0.569. The van der Waals surface area contributed by atoms with Gasteiger partial charge in [0.05, 0.1) is 6.04 Å². The number of carbonyl (C=O) groups is 1. The van der Waals surface area contributed by atoms with Crippen LogP contribution in [0.2, 0.25) is 0 Å². The molecular weight excluding hydrogens is 312 g/mol. The van der Waals surface area contributed by atoms with Gasteiger partial charge in [-0.1, -0.05) is 5.16 Å². The summed E-state index contributed by atoms with van der Waals surface area (Å²) in [5.74, 6) is 1.08. The van der Waals surface area contributed by atoms with Gasteiger partial charge in [-0.3, -0.25) is 4.79 Å². The zero-order chi connectivity index (χ0) is 13.4. The molecule has 100 valence electrons. The Morgan fingerprint density at radius 3 is 3.11 bits per heavy atom. The fourth-order valence-corrected chi connectivity index (χ4v) is 2.72. The fourth-order valence-electron chi connectivity index (χ4n) is 2.37. The molecule has 0 spiro atoms. The monoisotopic (exact) mass is 324 g/mol. The minimum absolute atomic E-state index is 0.0318. The Hall–Kier alpha value is -1.63. The van der Waals surface area contributed by atoms with E-state index in [0.29, 0.717) is 24.0 Å². The van der Waals surface area contributed by atoms with E-state index in [4.69, 9.17) is 4.52 Å². The number of likely N-dealkylation sites (tertiary alicyclic amines) is 1. The summed E-state index contributed by atoms with van der Waals surface area (Å²) < 4.78 is 5.86. The third kappa shape index (κ3) is 2.30. The van der Waals surface area contributed by atoms with Gasteiger partial charge < -0.3 is 14.4 Å². The number of halogens is 1. The van der Waals surface area contributed by atoms with Crippen LogP contribution in [0.3, 0.4) is 0 Å². The Morgan fingerprint density at radius 2 is 2.47 bits per heavy atom.